The zero-order valence-electron chi connectivity index (χ0n) is 13.6. The van der Waals surface area contributed by atoms with Crippen molar-refractivity contribution in [3.63, 3.8) is 0 Å². The number of ether oxygens (including phenoxy) is 1. The van der Waals surface area contributed by atoms with Crippen molar-refractivity contribution in [2.75, 3.05) is 11.4 Å². The highest BCUT2D eigenvalue weighted by atomic mass is 16.5. The lowest BCUT2D eigenvalue weighted by Crippen LogP contribution is -2.45. The molecule has 0 aliphatic carbocycles. The van der Waals surface area contributed by atoms with Gasteiger partial charge in [-0.2, -0.15) is 0 Å². The van der Waals surface area contributed by atoms with E-state index in [1.807, 2.05) is 20.8 Å². The normalized spacial score (nSPS) is 18.6. The number of anilines is 1. The van der Waals surface area contributed by atoms with Crippen molar-refractivity contribution in [1.82, 2.24) is 0 Å². The summed E-state index contributed by atoms with van der Waals surface area (Å²) in [6.07, 6.45) is 0.798. The first kappa shape index (κ1) is 16.5. The molecule has 1 amide bonds. The maximum absolute atomic E-state index is 12.5. The van der Waals surface area contributed by atoms with Gasteiger partial charge in [-0.05, 0) is 31.5 Å². The molecule has 0 radical (unpaired) electrons. The third kappa shape index (κ3) is 3.14. The summed E-state index contributed by atoms with van der Waals surface area (Å²) in [7, 11) is 0. The quantitative estimate of drug-likeness (QED) is 0.867. The Bertz CT molecular complexity index is 581. The third-order valence-corrected chi connectivity index (χ3v) is 3.84. The molecule has 1 heterocycles. The number of hydrogen-bond donors (Lipinski definition) is 1. The SMILES string of the molecule is CCC1CN(C(=O)C(C)C)c2cc(C(=O)C(C)N)ccc2O1. The smallest absolute Gasteiger partial charge is 0.229 e. The molecular weight excluding hydrogens is 280 g/mol. The minimum atomic E-state index is -0.569. The fourth-order valence-electron chi connectivity index (χ4n) is 2.50. The number of fused-ring (bicyclic) bond motifs is 1. The molecule has 2 unspecified atom stereocenters. The Labute approximate surface area is 131 Å². The largest absolute Gasteiger partial charge is 0.486 e. The summed E-state index contributed by atoms with van der Waals surface area (Å²) in [5.74, 6) is 0.426. The molecule has 2 atom stereocenters. The Balaban J connectivity index is 2.45. The van der Waals surface area contributed by atoms with Gasteiger partial charge in [-0.25, -0.2) is 0 Å². The van der Waals surface area contributed by atoms with E-state index in [1.165, 1.54) is 0 Å². The van der Waals surface area contributed by atoms with Crippen molar-refractivity contribution in [3.8, 4) is 5.75 Å². The number of benzene rings is 1. The predicted octanol–water partition coefficient (Wildman–Crippen LogP) is 2.38. The second kappa shape index (κ2) is 6.48. The summed E-state index contributed by atoms with van der Waals surface area (Å²) in [5.41, 5.74) is 6.84. The highest BCUT2D eigenvalue weighted by Crippen LogP contribution is 2.36. The summed E-state index contributed by atoms with van der Waals surface area (Å²) >= 11 is 0. The number of carbonyl (C=O) groups excluding carboxylic acids is 2. The Hall–Kier alpha value is -1.88. The summed E-state index contributed by atoms with van der Waals surface area (Å²) < 4.78 is 5.90. The standard InChI is InChI=1S/C17H24N2O3/c1-5-13-9-19(17(21)10(2)3)14-8-12(16(20)11(4)18)6-7-15(14)22-13/h6-8,10-11,13H,5,9,18H2,1-4H3. The van der Waals surface area contributed by atoms with Crippen LogP contribution in [0.15, 0.2) is 18.2 Å². The van der Waals surface area contributed by atoms with E-state index in [-0.39, 0.29) is 23.7 Å². The van der Waals surface area contributed by atoms with E-state index < -0.39 is 6.04 Å². The lowest BCUT2D eigenvalue weighted by molar-refractivity contribution is -0.121. The van der Waals surface area contributed by atoms with Gasteiger partial charge in [-0.3, -0.25) is 9.59 Å². The van der Waals surface area contributed by atoms with Gasteiger partial charge in [0.05, 0.1) is 18.3 Å². The Kier molecular flexibility index (Phi) is 4.86. The molecule has 0 spiro atoms. The van der Waals surface area contributed by atoms with E-state index in [9.17, 15) is 9.59 Å². The van der Waals surface area contributed by atoms with Crippen molar-refractivity contribution in [2.45, 2.75) is 46.3 Å². The van der Waals surface area contributed by atoms with Crippen LogP contribution in [0.1, 0.15) is 44.5 Å². The van der Waals surface area contributed by atoms with Gasteiger partial charge in [0.1, 0.15) is 11.9 Å². The molecule has 2 N–H and O–H groups in total. The number of hydrogen-bond acceptors (Lipinski definition) is 4. The van der Waals surface area contributed by atoms with Crippen LogP contribution in [0.4, 0.5) is 5.69 Å². The van der Waals surface area contributed by atoms with Crippen molar-refractivity contribution in [2.24, 2.45) is 11.7 Å². The van der Waals surface area contributed by atoms with Gasteiger partial charge in [0, 0.05) is 11.5 Å². The average molecular weight is 304 g/mol. The van der Waals surface area contributed by atoms with E-state index in [4.69, 9.17) is 10.5 Å². The van der Waals surface area contributed by atoms with Crippen molar-refractivity contribution < 1.29 is 14.3 Å². The molecule has 0 saturated heterocycles. The molecule has 2 rings (SSSR count). The Morgan fingerprint density at radius 2 is 2.05 bits per heavy atom. The summed E-state index contributed by atoms with van der Waals surface area (Å²) in [6.45, 7) is 7.94. The van der Waals surface area contributed by atoms with Crippen LogP contribution in [-0.4, -0.2) is 30.4 Å². The van der Waals surface area contributed by atoms with Gasteiger partial charge >= 0.3 is 0 Å². The van der Waals surface area contributed by atoms with Gasteiger partial charge < -0.3 is 15.4 Å². The number of ketones is 1. The van der Waals surface area contributed by atoms with Crippen molar-refractivity contribution in [1.29, 1.82) is 0 Å². The average Bonchev–Trinajstić information content (AvgIpc) is 2.51. The van der Waals surface area contributed by atoms with E-state index in [2.05, 4.69) is 0 Å². The van der Waals surface area contributed by atoms with E-state index in [0.29, 0.717) is 23.5 Å². The molecule has 1 aromatic carbocycles. The molecule has 5 nitrogen and oxygen atoms in total. The van der Waals surface area contributed by atoms with Gasteiger partial charge in [-0.1, -0.05) is 20.8 Å². The second-order valence-electron chi connectivity index (χ2n) is 6.09. The van der Waals surface area contributed by atoms with Crippen LogP contribution in [0.5, 0.6) is 5.75 Å². The van der Waals surface area contributed by atoms with Crippen LogP contribution in [-0.2, 0) is 4.79 Å². The molecule has 0 saturated carbocycles. The molecular formula is C17H24N2O3. The lowest BCUT2D eigenvalue weighted by atomic mass is 10.0. The van der Waals surface area contributed by atoms with E-state index in [0.717, 1.165) is 6.42 Å². The molecule has 22 heavy (non-hydrogen) atoms. The molecule has 0 aromatic heterocycles. The van der Waals surface area contributed by atoms with Gasteiger partial charge in [0.25, 0.3) is 0 Å². The Morgan fingerprint density at radius 3 is 2.59 bits per heavy atom. The maximum atomic E-state index is 12.5. The zero-order chi connectivity index (χ0) is 16.4. The van der Waals surface area contributed by atoms with Crippen LogP contribution in [0.2, 0.25) is 0 Å². The number of amides is 1. The fourth-order valence-corrected chi connectivity index (χ4v) is 2.50. The molecule has 120 valence electrons. The predicted molar refractivity (Wildman–Crippen MR) is 86.3 cm³/mol. The van der Waals surface area contributed by atoms with Crippen LogP contribution >= 0.6 is 0 Å². The van der Waals surface area contributed by atoms with E-state index in [1.54, 1.807) is 30.0 Å². The highest BCUT2D eigenvalue weighted by molar-refractivity contribution is 6.03. The number of nitrogens with zero attached hydrogens (tertiary/aromatic N) is 1. The van der Waals surface area contributed by atoms with E-state index >= 15 is 0 Å². The van der Waals surface area contributed by atoms with Crippen molar-refractivity contribution >= 4 is 17.4 Å². The van der Waals surface area contributed by atoms with Crippen LogP contribution < -0.4 is 15.4 Å². The monoisotopic (exact) mass is 304 g/mol. The molecule has 0 bridgehead atoms. The first-order valence-corrected chi connectivity index (χ1v) is 7.77. The lowest BCUT2D eigenvalue weighted by Gasteiger charge is -2.35. The summed E-state index contributed by atoms with van der Waals surface area (Å²) in [6, 6.07) is 4.61. The summed E-state index contributed by atoms with van der Waals surface area (Å²) in [5, 5.41) is 0. The second-order valence-corrected chi connectivity index (χ2v) is 6.09. The molecule has 5 heteroatoms. The minimum Gasteiger partial charge on any atom is -0.486 e. The van der Waals surface area contributed by atoms with Crippen LogP contribution in [0, 0.1) is 5.92 Å². The first-order valence-electron chi connectivity index (χ1n) is 7.77. The highest BCUT2D eigenvalue weighted by Gasteiger charge is 2.31. The minimum absolute atomic E-state index is 0.0230. The fraction of sp³-hybridized carbons (Fsp3) is 0.529. The molecule has 1 aromatic rings. The number of rotatable bonds is 4. The molecule has 1 aliphatic heterocycles. The van der Waals surface area contributed by atoms with Gasteiger partial charge in [0.2, 0.25) is 5.91 Å². The Morgan fingerprint density at radius 1 is 1.36 bits per heavy atom. The van der Waals surface area contributed by atoms with Gasteiger partial charge in [0.15, 0.2) is 5.78 Å². The van der Waals surface area contributed by atoms with Crippen molar-refractivity contribution in [3.05, 3.63) is 23.8 Å². The number of Topliss-reactive ketones (excluding diaryl/α,β-unsaturated/α-hetero) is 1. The topological polar surface area (TPSA) is 72.6 Å². The van der Waals surface area contributed by atoms with Crippen LogP contribution in [0.25, 0.3) is 0 Å². The number of nitrogens with two attached hydrogens (primary N) is 1. The van der Waals surface area contributed by atoms with Gasteiger partial charge in [-0.15, -0.1) is 0 Å². The van der Waals surface area contributed by atoms with Crippen LogP contribution in [0.3, 0.4) is 0 Å². The third-order valence-electron chi connectivity index (χ3n) is 3.84. The maximum Gasteiger partial charge on any atom is 0.229 e. The zero-order valence-corrected chi connectivity index (χ0v) is 13.6. The molecule has 0 fully saturated rings. The number of carbonyl (C=O) groups is 2. The molecule has 1 aliphatic rings. The first-order chi connectivity index (χ1) is 10.3. The summed E-state index contributed by atoms with van der Waals surface area (Å²) in [4.78, 5) is 26.3.